The molecule has 0 aliphatic rings. The fourth-order valence-electron chi connectivity index (χ4n) is 2.45. The van der Waals surface area contributed by atoms with Crippen LogP contribution in [0.1, 0.15) is 5.56 Å². The summed E-state index contributed by atoms with van der Waals surface area (Å²) >= 11 is 6.34. The minimum Gasteiger partial charge on any atom is -0.480 e. The Hall–Kier alpha value is -3.13. The number of aliphatic carboxylic acids is 1. The largest absolute Gasteiger partial charge is 0.480 e. The molecule has 0 saturated heterocycles. The van der Waals surface area contributed by atoms with Crippen LogP contribution in [0.2, 0.25) is 5.02 Å². The molecule has 0 fully saturated rings. The Morgan fingerprint density at radius 1 is 1.00 bits per heavy atom. The molecule has 0 aliphatic carbocycles. The van der Waals surface area contributed by atoms with Crippen LogP contribution < -0.4 is 5.32 Å². The third kappa shape index (κ3) is 4.40. The van der Waals surface area contributed by atoms with Crippen molar-refractivity contribution in [2.75, 3.05) is 11.9 Å². The monoisotopic (exact) mass is 407 g/mol. The van der Waals surface area contributed by atoms with E-state index >= 15 is 0 Å². The normalized spacial score (nSPS) is 11.3. The van der Waals surface area contributed by atoms with Gasteiger partial charge in [0.2, 0.25) is 0 Å². The predicted molar refractivity (Wildman–Crippen MR) is 99.0 cm³/mol. The van der Waals surface area contributed by atoms with E-state index in [1.54, 1.807) is 30.3 Å². The fraction of sp³-hybridized carbons (Fsp3) is 0.105. The second kappa shape index (κ2) is 7.85. The molecule has 0 aliphatic heterocycles. The lowest BCUT2D eigenvalue weighted by atomic mass is 10.1. The number of hydrogen-bond donors (Lipinski definition) is 2. The van der Waals surface area contributed by atoms with Gasteiger partial charge in [-0.2, -0.15) is 13.2 Å². The van der Waals surface area contributed by atoms with Crippen molar-refractivity contribution in [1.29, 1.82) is 0 Å². The second-order valence-corrected chi connectivity index (χ2v) is 6.12. The number of nitrogens with zero attached hydrogens (tertiary/aromatic N) is 2. The molecule has 0 bridgehead atoms. The molecular weight excluding hydrogens is 395 g/mol. The smallest absolute Gasteiger partial charge is 0.416 e. The molecule has 28 heavy (non-hydrogen) atoms. The van der Waals surface area contributed by atoms with Gasteiger partial charge in [0, 0.05) is 11.1 Å². The molecular formula is C19H13ClF3N3O2. The van der Waals surface area contributed by atoms with E-state index in [2.05, 4.69) is 15.3 Å². The topological polar surface area (TPSA) is 75.1 Å². The molecule has 0 saturated carbocycles. The van der Waals surface area contributed by atoms with Gasteiger partial charge < -0.3 is 10.4 Å². The van der Waals surface area contributed by atoms with Crippen LogP contribution in [-0.4, -0.2) is 27.6 Å². The van der Waals surface area contributed by atoms with Crippen molar-refractivity contribution in [3.8, 4) is 22.6 Å². The summed E-state index contributed by atoms with van der Waals surface area (Å²) in [6.07, 6.45) is -4.46. The molecule has 0 amide bonds. The van der Waals surface area contributed by atoms with E-state index < -0.39 is 24.3 Å². The number of aromatic nitrogens is 2. The zero-order chi connectivity index (χ0) is 20.3. The summed E-state index contributed by atoms with van der Waals surface area (Å²) in [4.78, 5) is 19.4. The molecule has 0 atom stereocenters. The Bertz CT molecular complexity index is 994. The number of benzene rings is 2. The van der Waals surface area contributed by atoms with Crippen LogP contribution in [0.3, 0.4) is 0 Å². The highest BCUT2D eigenvalue weighted by molar-refractivity contribution is 6.35. The van der Waals surface area contributed by atoms with E-state index in [4.69, 9.17) is 16.7 Å². The zero-order valence-electron chi connectivity index (χ0n) is 14.2. The molecule has 0 unspecified atom stereocenters. The van der Waals surface area contributed by atoms with Crippen molar-refractivity contribution in [3.05, 3.63) is 65.2 Å². The molecule has 5 nitrogen and oxygen atoms in total. The highest BCUT2D eigenvalue weighted by Gasteiger charge is 2.30. The van der Waals surface area contributed by atoms with Gasteiger partial charge >= 0.3 is 12.1 Å². The van der Waals surface area contributed by atoms with Crippen LogP contribution in [0, 0.1) is 0 Å². The van der Waals surface area contributed by atoms with Crippen molar-refractivity contribution in [2.45, 2.75) is 6.18 Å². The number of carbonyl (C=O) groups is 1. The average molecular weight is 408 g/mol. The Morgan fingerprint density at radius 2 is 1.64 bits per heavy atom. The Kier molecular flexibility index (Phi) is 5.51. The Morgan fingerprint density at radius 3 is 2.21 bits per heavy atom. The summed E-state index contributed by atoms with van der Waals surface area (Å²) in [5, 5.41) is 11.6. The molecule has 144 valence electrons. The molecule has 0 radical (unpaired) electrons. The minimum atomic E-state index is -4.46. The summed E-state index contributed by atoms with van der Waals surface area (Å²) in [6, 6.07) is 13.2. The summed E-state index contributed by atoms with van der Waals surface area (Å²) in [5.41, 5.74) is 0.527. The van der Waals surface area contributed by atoms with E-state index in [-0.39, 0.29) is 16.7 Å². The summed E-state index contributed by atoms with van der Waals surface area (Å²) < 4.78 is 38.4. The Balaban J connectivity index is 2.10. The Labute approximate surface area is 162 Å². The van der Waals surface area contributed by atoms with Crippen molar-refractivity contribution >= 4 is 23.4 Å². The number of rotatable bonds is 5. The van der Waals surface area contributed by atoms with Gasteiger partial charge in [-0.15, -0.1) is 0 Å². The molecule has 3 aromatic rings. The lowest BCUT2D eigenvalue weighted by molar-refractivity contribution is -0.137. The molecule has 2 aromatic carbocycles. The fourth-order valence-corrected chi connectivity index (χ4v) is 2.71. The van der Waals surface area contributed by atoms with Gasteiger partial charge in [-0.25, -0.2) is 9.97 Å². The SMILES string of the molecule is O=C(O)CNc1nc(-c2ccc(C(F)(F)F)cc2)nc(-c2ccccc2)c1Cl. The molecule has 0 spiro atoms. The lowest BCUT2D eigenvalue weighted by Gasteiger charge is -2.13. The third-order valence-corrected chi connectivity index (χ3v) is 4.13. The maximum absolute atomic E-state index is 12.8. The van der Waals surface area contributed by atoms with Crippen LogP contribution in [0.5, 0.6) is 0 Å². The maximum Gasteiger partial charge on any atom is 0.416 e. The second-order valence-electron chi connectivity index (χ2n) is 5.75. The van der Waals surface area contributed by atoms with Crippen LogP contribution >= 0.6 is 11.6 Å². The lowest BCUT2D eigenvalue weighted by Crippen LogP contribution is -2.14. The summed E-state index contributed by atoms with van der Waals surface area (Å²) in [6.45, 7) is -0.433. The maximum atomic E-state index is 12.8. The number of halogens is 4. The highest BCUT2D eigenvalue weighted by atomic mass is 35.5. The number of hydrogen-bond acceptors (Lipinski definition) is 4. The predicted octanol–water partition coefficient (Wildman–Crippen LogP) is 4.98. The number of alkyl halides is 3. The summed E-state index contributed by atoms with van der Waals surface area (Å²) in [5.74, 6) is -0.926. The van der Waals surface area contributed by atoms with E-state index in [9.17, 15) is 18.0 Å². The average Bonchev–Trinajstić information content (AvgIpc) is 2.67. The van der Waals surface area contributed by atoms with Crippen LogP contribution in [0.4, 0.5) is 19.0 Å². The van der Waals surface area contributed by atoms with Gasteiger partial charge in [0.1, 0.15) is 17.4 Å². The van der Waals surface area contributed by atoms with Crippen LogP contribution in [0.25, 0.3) is 22.6 Å². The standard InChI is InChI=1S/C19H13ClF3N3O2/c20-15-16(11-4-2-1-3-5-11)25-17(26-18(15)24-10-14(27)28)12-6-8-13(9-7-12)19(21,22)23/h1-9H,10H2,(H,27,28)(H,24,25,26). The first kappa shape index (κ1) is 19.6. The zero-order valence-corrected chi connectivity index (χ0v) is 14.9. The van der Waals surface area contributed by atoms with Gasteiger partial charge in [-0.3, -0.25) is 4.79 Å². The van der Waals surface area contributed by atoms with E-state index in [0.717, 1.165) is 12.1 Å². The van der Waals surface area contributed by atoms with Gasteiger partial charge in [0.15, 0.2) is 5.82 Å². The van der Waals surface area contributed by atoms with E-state index in [0.29, 0.717) is 16.8 Å². The first-order valence-corrected chi connectivity index (χ1v) is 8.40. The minimum absolute atomic E-state index is 0.0767. The first-order valence-electron chi connectivity index (χ1n) is 8.02. The van der Waals surface area contributed by atoms with Gasteiger partial charge in [0.25, 0.3) is 0 Å². The van der Waals surface area contributed by atoms with Crippen molar-refractivity contribution in [3.63, 3.8) is 0 Å². The van der Waals surface area contributed by atoms with Gasteiger partial charge in [-0.05, 0) is 12.1 Å². The number of anilines is 1. The van der Waals surface area contributed by atoms with E-state index in [1.165, 1.54) is 12.1 Å². The summed E-state index contributed by atoms with van der Waals surface area (Å²) in [7, 11) is 0. The third-order valence-electron chi connectivity index (χ3n) is 3.78. The number of carboxylic acids is 1. The molecule has 3 rings (SSSR count). The van der Waals surface area contributed by atoms with Crippen molar-refractivity contribution in [2.24, 2.45) is 0 Å². The molecule has 1 aromatic heterocycles. The van der Waals surface area contributed by atoms with E-state index in [1.807, 2.05) is 0 Å². The molecule has 1 heterocycles. The highest BCUT2D eigenvalue weighted by Crippen LogP contribution is 2.34. The first-order chi connectivity index (χ1) is 13.3. The number of carboxylic acid groups (broad SMARTS) is 1. The quantitative estimate of drug-likeness (QED) is 0.624. The van der Waals surface area contributed by atoms with Gasteiger partial charge in [-0.1, -0.05) is 54.1 Å². The van der Waals surface area contributed by atoms with Crippen LogP contribution in [-0.2, 0) is 11.0 Å². The van der Waals surface area contributed by atoms with Crippen molar-refractivity contribution < 1.29 is 23.1 Å². The number of nitrogens with one attached hydrogen (secondary N) is 1. The van der Waals surface area contributed by atoms with Crippen molar-refractivity contribution in [1.82, 2.24) is 9.97 Å². The van der Waals surface area contributed by atoms with Gasteiger partial charge in [0.05, 0.1) is 11.3 Å². The molecule has 2 N–H and O–H groups in total. The molecule has 9 heteroatoms. The van der Waals surface area contributed by atoms with Crippen LogP contribution in [0.15, 0.2) is 54.6 Å².